The van der Waals surface area contributed by atoms with Gasteiger partial charge in [0.05, 0.1) is 10.6 Å². The first-order valence-corrected chi connectivity index (χ1v) is 11.0. The Balaban J connectivity index is 1.87. The maximum absolute atomic E-state index is 13.8. The third-order valence-electron chi connectivity index (χ3n) is 5.62. The van der Waals surface area contributed by atoms with Gasteiger partial charge in [0.25, 0.3) is 15.9 Å². The Morgan fingerprint density at radius 1 is 0.833 bits per heavy atom. The molecule has 2 aliphatic rings. The van der Waals surface area contributed by atoms with Crippen molar-refractivity contribution < 1.29 is 18.0 Å². The molecule has 0 saturated heterocycles. The molecule has 0 radical (unpaired) electrons. The number of fused-ring (bicyclic) bond motifs is 3. The Hall–Kier alpha value is -3.16. The SMILES string of the molecule is CN1C(=O)C2(C(=O)c3ccccc3N2S(=O)(=O)c2ccc(Cl)cc2)c2ccccc21. The normalized spacial score (nSPS) is 20.1. The molecular formula is C22H15ClN2O4S. The topological polar surface area (TPSA) is 74.8 Å². The molecule has 8 heteroatoms. The number of nitrogens with zero attached hydrogens (tertiary/aromatic N) is 2. The summed E-state index contributed by atoms with van der Waals surface area (Å²) in [5.41, 5.74) is -0.811. The number of benzene rings is 3. The van der Waals surface area contributed by atoms with Crippen LogP contribution in [0.2, 0.25) is 5.02 Å². The van der Waals surface area contributed by atoms with Crippen molar-refractivity contribution in [2.75, 3.05) is 16.3 Å². The number of amides is 1. The van der Waals surface area contributed by atoms with Crippen LogP contribution in [0.5, 0.6) is 0 Å². The summed E-state index contributed by atoms with van der Waals surface area (Å²) in [7, 11) is -2.75. The summed E-state index contributed by atoms with van der Waals surface area (Å²) >= 11 is 5.93. The van der Waals surface area contributed by atoms with Gasteiger partial charge in [-0.3, -0.25) is 9.59 Å². The third-order valence-corrected chi connectivity index (χ3v) is 7.69. The summed E-state index contributed by atoms with van der Waals surface area (Å²) < 4.78 is 28.7. The summed E-state index contributed by atoms with van der Waals surface area (Å²) in [4.78, 5) is 28.6. The molecule has 0 fully saturated rings. The summed E-state index contributed by atoms with van der Waals surface area (Å²) in [6, 6.07) is 18.8. The van der Waals surface area contributed by atoms with E-state index in [1.54, 1.807) is 55.6 Å². The molecule has 1 unspecified atom stereocenters. The number of rotatable bonds is 2. The molecule has 30 heavy (non-hydrogen) atoms. The quantitative estimate of drug-likeness (QED) is 0.573. The second-order valence-electron chi connectivity index (χ2n) is 7.16. The van der Waals surface area contributed by atoms with Gasteiger partial charge in [-0.2, -0.15) is 0 Å². The summed E-state index contributed by atoms with van der Waals surface area (Å²) in [6.45, 7) is 0. The van der Waals surface area contributed by atoms with E-state index in [1.165, 1.54) is 29.2 Å². The zero-order valence-corrected chi connectivity index (χ0v) is 17.3. The summed E-state index contributed by atoms with van der Waals surface area (Å²) in [6.07, 6.45) is 0. The number of Topliss-reactive ketones (excluding diaryl/α,β-unsaturated/α-hetero) is 1. The lowest BCUT2D eigenvalue weighted by Crippen LogP contribution is -2.56. The molecule has 1 amide bonds. The molecule has 6 nitrogen and oxygen atoms in total. The Kier molecular flexibility index (Phi) is 3.87. The number of halogens is 1. The minimum absolute atomic E-state index is 0.0596. The van der Waals surface area contributed by atoms with E-state index in [0.717, 1.165) is 4.31 Å². The van der Waals surface area contributed by atoms with Gasteiger partial charge in [-0.15, -0.1) is 0 Å². The molecule has 0 bridgehead atoms. The van der Waals surface area contributed by atoms with E-state index in [0.29, 0.717) is 16.3 Å². The van der Waals surface area contributed by atoms with Crippen molar-refractivity contribution in [2.45, 2.75) is 10.4 Å². The monoisotopic (exact) mass is 438 g/mol. The predicted molar refractivity (Wildman–Crippen MR) is 113 cm³/mol. The molecule has 1 atom stereocenters. The van der Waals surface area contributed by atoms with E-state index in [4.69, 9.17) is 11.6 Å². The molecule has 0 N–H and O–H groups in total. The number of hydrogen-bond donors (Lipinski definition) is 0. The van der Waals surface area contributed by atoms with Crippen LogP contribution in [0, 0.1) is 0 Å². The first-order chi connectivity index (χ1) is 14.3. The molecule has 0 aromatic heterocycles. The van der Waals surface area contributed by atoms with E-state index < -0.39 is 27.3 Å². The second kappa shape index (κ2) is 6.17. The first-order valence-electron chi connectivity index (χ1n) is 9.13. The number of carbonyl (C=O) groups is 2. The average Bonchev–Trinajstić information content (AvgIpc) is 3.14. The molecule has 0 saturated carbocycles. The van der Waals surface area contributed by atoms with Crippen LogP contribution in [0.1, 0.15) is 15.9 Å². The zero-order valence-electron chi connectivity index (χ0n) is 15.7. The van der Waals surface area contributed by atoms with Crippen molar-refractivity contribution in [3.8, 4) is 0 Å². The largest absolute Gasteiger partial charge is 0.312 e. The standard InChI is InChI=1S/C22H15ClN2O4S/c1-24-19-9-5-3-7-17(19)22(21(24)27)20(26)16-6-2-4-8-18(16)25(22)30(28,29)15-12-10-14(23)11-13-15/h2-13H,1H3. The zero-order chi connectivity index (χ0) is 21.3. The third kappa shape index (κ3) is 2.16. The van der Waals surface area contributed by atoms with Crippen molar-refractivity contribution in [2.24, 2.45) is 0 Å². The van der Waals surface area contributed by atoms with Crippen LogP contribution >= 0.6 is 11.6 Å². The fourth-order valence-electron chi connectivity index (χ4n) is 4.29. The molecule has 1 spiro atoms. The smallest absolute Gasteiger partial charge is 0.266 e. The fourth-order valence-corrected chi connectivity index (χ4v) is 6.14. The predicted octanol–water partition coefficient (Wildman–Crippen LogP) is 3.60. The maximum Gasteiger partial charge on any atom is 0.266 e. The van der Waals surface area contributed by atoms with Crippen molar-refractivity contribution in [1.29, 1.82) is 0 Å². The van der Waals surface area contributed by atoms with Crippen LogP contribution in [-0.2, 0) is 20.4 Å². The molecular weight excluding hydrogens is 424 g/mol. The lowest BCUT2D eigenvalue weighted by molar-refractivity contribution is -0.120. The highest BCUT2D eigenvalue weighted by Crippen LogP contribution is 2.54. The fraction of sp³-hybridized carbons (Fsp3) is 0.0909. The molecule has 3 aromatic rings. The molecule has 2 heterocycles. The van der Waals surface area contributed by atoms with Gasteiger partial charge in [0.1, 0.15) is 0 Å². The van der Waals surface area contributed by atoms with E-state index >= 15 is 0 Å². The average molecular weight is 439 g/mol. The lowest BCUT2D eigenvalue weighted by Gasteiger charge is -2.33. The summed E-state index contributed by atoms with van der Waals surface area (Å²) in [5, 5.41) is 0.378. The number of anilines is 2. The van der Waals surface area contributed by atoms with E-state index in [2.05, 4.69) is 0 Å². The number of likely N-dealkylation sites (N-methyl/N-ethyl adjacent to an activating group) is 1. The Bertz CT molecular complexity index is 1340. The van der Waals surface area contributed by atoms with Crippen LogP contribution in [0.3, 0.4) is 0 Å². The summed E-state index contributed by atoms with van der Waals surface area (Å²) in [5.74, 6) is -1.17. The van der Waals surface area contributed by atoms with Crippen molar-refractivity contribution in [3.63, 3.8) is 0 Å². The van der Waals surface area contributed by atoms with Crippen LogP contribution in [0.25, 0.3) is 0 Å². The number of para-hydroxylation sites is 2. The Morgan fingerprint density at radius 3 is 2.13 bits per heavy atom. The Labute approximate surface area is 178 Å². The van der Waals surface area contributed by atoms with Gasteiger partial charge in [-0.1, -0.05) is 41.9 Å². The lowest BCUT2D eigenvalue weighted by atomic mass is 9.87. The molecule has 150 valence electrons. The van der Waals surface area contributed by atoms with Crippen LogP contribution in [-0.4, -0.2) is 27.2 Å². The van der Waals surface area contributed by atoms with E-state index in [1.807, 2.05) is 0 Å². The highest BCUT2D eigenvalue weighted by molar-refractivity contribution is 7.93. The number of sulfonamides is 1. The minimum Gasteiger partial charge on any atom is -0.312 e. The molecule has 0 aliphatic carbocycles. The molecule has 3 aromatic carbocycles. The molecule has 5 rings (SSSR count). The van der Waals surface area contributed by atoms with Crippen molar-refractivity contribution >= 4 is 44.7 Å². The van der Waals surface area contributed by atoms with Crippen LogP contribution in [0.4, 0.5) is 11.4 Å². The Morgan fingerprint density at radius 2 is 1.43 bits per heavy atom. The van der Waals surface area contributed by atoms with Crippen LogP contribution < -0.4 is 9.21 Å². The van der Waals surface area contributed by atoms with Gasteiger partial charge in [-0.25, -0.2) is 12.7 Å². The minimum atomic E-state index is -4.29. The van der Waals surface area contributed by atoms with E-state index in [-0.39, 0.29) is 16.1 Å². The van der Waals surface area contributed by atoms with Crippen LogP contribution in [0.15, 0.2) is 77.7 Å². The first kappa shape index (κ1) is 18.8. The second-order valence-corrected chi connectivity index (χ2v) is 9.38. The van der Waals surface area contributed by atoms with Gasteiger partial charge < -0.3 is 4.90 Å². The van der Waals surface area contributed by atoms with Gasteiger partial charge >= 0.3 is 0 Å². The highest BCUT2D eigenvalue weighted by atomic mass is 35.5. The van der Waals surface area contributed by atoms with E-state index in [9.17, 15) is 18.0 Å². The highest BCUT2D eigenvalue weighted by Gasteiger charge is 2.66. The van der Waals surface area contributed by atoms with Gasteiger partial charge in [0, 0.05) is 28.9 Å². The van der Waals surface area contributed by atoms with Crippen molar-refractivity contribution in [1.82, 2.24) is 0 Å². The maximum atomic E-state index is 13.8. The number of ketones is 1. The van der Waals surface area contributed by atoms with Crippen molar-refractivity contribution in [3.05, 3.63) is 88.9 Å². The number of hydrogen-bond acceptors (Lipinski definition) is 4. The van der Waals surface area contributed by atoms with Gasteiger partial charge in [0.15, 0.2) is 0 Å². The van der Waals surface area contributed by atoms with Gasteiger partial charge in [-0.05, 0) is 42.5 Å². The van der Waals surface area contributed by atoms with Gasteiger partial charge in [0.2, 0.25) is 11.3 Å². The number of carbonyl (C=O) groups excluding carboxylic acids is 2. The molecule has 2 aliphatic heterocycles.